The summed E-state index contributed by atoms with van der Waals surface area (Å²) >= 11 is 0. The summed E-state index contributed by atoms with van der Waals surface area (Å²) in [5, 5.41) is 34.8. The van der Waals surface area contributed by atoms with Gasteiger partial charge in [-0.2, -0.15) is 10.2 Å². The summed E-state index contributed by atoms with van der Waals surface area (Å²) in [6.45, 7) is 9.54. The SMILES string of the molecule is CCn1nc(C)cc1C(=O)Nc1nc2cc(C(N)=O)cc(OCCCO)c2n1CCC[C@H]1CCN(C)c2cc(C(N)O)cc3nc(NC(=O)c4cc(C)nn4CC)n1c23. The van der Waals surface area contributed by atoms with Crippen LogP contribution in [-0.4, -0.2) is 93.4 Å². The number of nitrogens with zero attached hydrogens (tertiary/aromatic N) is 9. The summed E-state index contributed by atoms with van der Waals surface area (Å²) in [5.74, 6) is -0.522. The van der Waals surface area contributed by atoms with E-state index < -0.39 is 18.0 Å². The highest BCUT2D eigenvalue weighted by atomic mass is 16.5. The second-order valence-corrected chi connectivity index (χ2v) is 14.8. The van der Waals surface area contributed by atoms with Crippen LogP contribution in [0.1, 0.15) is 100 Å². The molecule has 4 aromatic heterocycles. The van der Waals surface area contributed by atoms with Crippen molar-refractivity contribution in [1.29, 1.82) is 0 Å². The highest BCUT2D eigenvalue weighted by Crippen LogP contribution is 2.40. The first kappa shape index (κ1) is 40.9. The van der Waals surface area contributed by atoms with E-state index in [2.05, 4.69) is 30.3 Å². The molecule has 1 aliphatic rings. The number of anilines is 3. The van der Waals surface area contributed by atoms with Crippen molar-refractivity contribution in [3.8, 4) is 5.75 Å². The second-order valence-electron chi connectivity index (χ2n) is 14.8. The standard InChI is InChI=1S/C40H51N13O6/c1-6-51-30(16-22(3)47-51)37(57)45-39-43-28-19-25(36(42)56)21-32(59-15-9-14-54)34(28)50(39)12-8-10-26-11-13-49(5)29-20-24(35(41)55)18-27-33(29)53(26)40(44-27)46-38(58)31-17-23(4)48-52(31)7-2/h16-21,26,35,54-55H,6-15,41H2,1-5H3,(H2,42,56)(H,43,45,57)(H,44,46,58)/t26-,35?/m0/s1. The molecule has 19 heteroatoms. The molecule has 0 saturated heterocycles. The van der Waals surface area contributed by atoms with Gasteiger partial charge in [-0.1, -0.05) is 0 Å². The summed E-state index contributed by atoms with van der Waals surface area (Å²) < 4.78 is 13.3. The molecule has 7 rings (SSSR count). The zero-order valence-electron chi connectivity index (χ0n) is 33.9. The number of hydrogen-bond donors (Lipinski definition) is 6. The lowest BCUT2D eigenvalue weighted by molar-refractivity contribution is 0.0994. The lowest BCUT2D eigenvalue weighted by Gasteiger charge is -2.21. The Kier molecular flexibility index (Phi) is 11.7. The van der Waals surface area contributed by atoms with Gasteiger partial charge in [0.05, 0.1) is 40.2 Å². The molecule has 59 heavy (non-hydrogen) atoms. The number of aromatic nitrogens is 8. The van der Waals surface area contributed by atoms with Crippen LogP contribution in [0.2, 0.25) is 0 Å². The second kappa shape index (κ2) is 16.9. The summed E-state index contributed by atoms with van der Waals surface area (Å²) in [4.78, 5) is 51.8. The molecule has 0 bridgehead atoms. The number of aryl methyl sites for hydroxylation is 5. The van der Waals surface area contributed by atoms with Gasteiger partial charge >= 0.3 is 0 Å². The van der Waals surface area contributed by atoms with E-state index in [1.54, 1.807) is 39.7 Å². The minimum absolute atomic E-state index is 0.0938. The molecule has 0 radical (unpaired) electrons. The molecule has 2 aromatic carbocycles. The lowest BCUT2D eigenvalue weighted by Crippen LogP contribution is -2.22. The maximum absolute atomic E-state index is 13.8. The van der Waals surface area contributed by atoms with Crippen LogP contribution in [0, 0.1) is 13.8 Å². The van der Waals surface area contributed by atoms with Gasteiger partial charge in [0, 0.05) is 57.9 Å². The minimum Gasteiger partial charge on any atom is -0.491 e. The van der Waals surface area contributed by atoms with Crippen LogP contribution < -0.4 is 31.7 Å². The van der Waals surface area contributed by atoms with Crippen LogP contribution >= 0.6 is 0 Å². The van der Waals surface area contributed by atoms with E-state index in [4.69, 9.17) is 26.2 Å². The molecule has 1 unspecified atom stereocenters. The van der Waals surface area contributed by atoms with E-state index in [0.717, 1.165) is 11.2 Å². The first-order valence-corrected chi connectivity index (χ1v) is 19.8. The van der Waals surface area contributed by atoms with Crippen LogP contribution in [-0.2, 0) is 19.6 Å². The molecule has 5 heterocycles. The number of rotatable bonds is 16. The minimum atomic E-state index is -1.23. The number of aliphatic hydroxyl groups is 2. The number of amides is 3. The third-order valence-electron chi connectivity index (χ3n) is 10.6. The first-order chi connectivity index (χ1) is 28.3. The lowest BCUT2D eigenvalue weighted by atomic mass is 10.1. The molecule has 2 atom stereocenters. The predicted molar refractivity (Wildman–Crippen MR) is 222 cm³/mol. The zero-order chi connectivity index (χ0) is 42.1. The van der Waals surface area contributed by atoms with Crippen molar-refractivity contribution in [3.63, 3.8) is 0 Å². The molecule has 1 aliphatic heterocycles. The molecule has 3 amide bonds. The predicted octanol–water partition coefficient (Wildman–Crippen LogP) is 3.61. The van der Waals surface area contributed by atoms with Gasteiger partial charge in [-0.05, 0) is 88.9 Å². The van der Waals surface area contributed by atoms with E-state index in [1.807, 2.05) is 45.4 Å². The largest absolute Gasteiger partial charge is 0.491 e. The Morgan fingerprint density at radius 2 is 1.53 bits per heavy atom. The molecule has 19 nitrogen and oxygen atoms in total. The molecule has 312 valence electrons. The third kappa shape index (κ3) is 8.08. The molecule has 0 saturated carbocycles. The number of carbonyl (C=O) groups is 3. The van der Waals surface area contributed by atoms with Crippen molar-refractivity contribution in [2.24, 2.45) is 11.5 Å². The van der Waals surface area contributed by atoms with E-state index >= 15 is 0 Å². The monoisotopic (exact) mass is 809 g/mol. The smallest absolute Gasteiger partial charge is 0.276 e. The molecule has 0 aliphatic carbocycles. The number of nitrogens with one attached hydrogen (secondary N) is 2. The number of nitrogens with two attached hydrogens (primary N) is 2. The van der Waals surface area contributed by atoms with Crippen molar-refractivity contribution in [2.45, 2.75) is 85.3 Å². The van der Waals surface area contributed by atoms with Gasteiger partial charge in [0.25, 0.3) is 11.8 Å². The summed E-state index contributed by atoms with van der Waals surface area (Å²) in [5.41, 5.74) is 17.6. The van der Waals surface area contributed by atoms with E-state index in [1.165, 1.54) is 0 Å². The molecular weight excluding hydrogens is 759 g/mol. The van der Waals surface area contributed by atoms with Gasteiger partial charge in [-0.15, -0.1) is 0 Å². The quantitative estimate of drug-likeness (QED) is 0.0606. The number of carbonyl (C=O) groups excluding carboxylic acids is 3. The number of fused-ring (bicyclic) bond motifs is 1. The Morgan fingerprint density at radius 3 is 2.14 bits per heavy atom. The fraction of sp³-hybridized carbons (Fsp3) is 0.425. The number of imidazole rings is 2. The van der Waals surface area contributed by atoms with Gasteiger partial charge in [0.1, 0.15) is 28.9 Å². The maximum atomic E-state index is 13.8. The van der Waals surface area contributed by atoms with E-state index in [0.29, 0.717) is 108 Å². The van der Waals surface area contributed by atoms with Crippen LogP contribution in [0.15, 0.2) is 36.4 Å². The zero-order valence-corrected chi connectivity index (χ0v) is 33.9. The van der Waals surface area contributed by atoms with Gasteiger partial charge in [0.2, 0.25) is 17.8 Å². The van der Waals surface area contributed by atoms with Crippen molar-refractivity contribution in [3.05, 3.63) is 70.3 Å². The Labute approximate surface area is 339 Å². The fourth-order valence-electron chi connectivity index (χ4n) is 7.80. The highest BCUT2D eigenvalue weighted by molar-refractivity contribution is 6.05. The van der Waals surface area contributed by atoms with Crippen LogP contribution in [0.3, 0.4) is 0 Å². The fourth-order valence-corrected chi connectivity index (χ4v) is 7.80. The number of hydrogen-bond acceptors (Lipinski definition) is 12. The molecule has 0 fully saturated rings. The highest BCUT2D eigenvalue weighted by Gasteiger charge is 2.30. The number of primary amides is 1. The van der Waals surface area contributed by atoms with E-state index in [-0.39, 0.29) is 36.7 Å². The number of aliphatic hydroxyl groups excluding tert-OH is 2. The molecule has 6 aromatic rings. The van der Waals surface area contributed by atoms with Gasteiger partial charge < -0.3 is 40.5 Å². The van der Waals surface area contributed by atoms with Crippen molar-refractivity contribution in [2.75, 3.05) is 42.3 Å². The summed E-state index contributed by atoms with van der Waals surface area (Å²) in [6.07, 6.45) is 0.965. The van der Waals surface area contributed by atoms with Crippen molar-refractivity contribution in [1.82, 2.24) is 38.7 Å². The Balaban J connectivity index is 1.28. The molecular formula is C40H51N13O6. The molecule has 8 N–H and O–H groups in total. The number of ether oxygens (including phenoxy) is 1. The van der Waals surface area contributed by atoms with Crippen LogP contribution in [0.25, 0.3) is 22.1 Å². The van der Waals surface area contributed by atoms with Crippen molar-refractivity contribution < 1.29 is 29.3 Å². The van der Waals surface area contributed by atoms with Gasteiger partial charge in [-0.25, -0.2) is 9.97 Å². The van der Waals surface area contributed by atoms with Crippen LogP contribution in [0.4, 0.5) is 17.6 Å². The van der Waals surface area contributed by atoms with Crippen LogP contribution in [0.5, 0.6) is 5.75 Å². The average Bonchev–Trinajstić information content (AvgIpc) is 3.95. The number of benzene rings is 2. The normalized spacial score (nSPS) is 14.5. The third-order valence-corrected chi connectivity index (χ3v) is 10.6. The average molecular weight is 810 g/mol. The maximum Gasteiger partial charge on any atom is 0.276 e. The topological polar surface area (TPSA) is 252 Å². The summed E-state index contributed by atoms with van der Waals surface area (Å²) in [7, 11) is 1.97. The Hall–Kier alpha value is -6.31. The summed E-state index contributed by atoms with van der Waals surface area (Å²) in [6, 6.07) is 9.99. The van der Waals surface area contributed by atoms with Gasteiger partial charge in [-0.3, -0.25) is 34.4 Å². The van der Waals surface area contributed by atoms with Crippen molar-refractivity contribution >= 4 is 57.4 Å². The first-order valence-electron chi connectivity index (χ1n) is 19.8. The Bertz CT molecular complexity index is 2550. The molecule has 0 spiro atoms. The van der Waals surface area contributed by atoms with E-state index in [9.17, 15) is 24.6 Å². The van der Waals surface area contributed by atoms with Gasteiger partial charge in [0.15, 0.2) is 0 Å². The Morgan fingerprint density at radius 1 is 0.898 bits per heavy atom.